The number of carboxylic acid groups (broad SMARTS) is 1. The molecule has 0 heterocycles. The summed E-state index contributed by atoms with van der Waals surface area (Å²) in [6.45, 7) is 6.57. The summed E-state index contributed by atoms with van der Waals surface area (Å²) in [4.78, 5) is 27.5. The lowest BCUT2D eigenvalue weighted by Gasteiger charge is -2.28. The molecule has 6 N–H and O–H groups in total. The van der Waals surface area contributed by atoms with Gasteiger partial charge in [-0.1, -0.05) is 17.7 Å². The number of aliphatic imine (C=N–C) groups is 1. The Balaban J connectivity index is 2.72. The Hall–Kier alpha value is -2.66. The molecule has 11 heteroatoms. The third kappa shape index (κ3) is 7.35. The van der Waals surface area contributed by atoms with Crippen molar-refractivity contribution >= 4 is 27.9 Å². The zero-order valence-electron chi connectivity index (χ0n) is 16.9. The SMILES string of the molecule is Cc1ccc(S(=O)(=O)NC(N)=NCCC[C@](N)(C(=O)O)C(=O)OC(C)(C)C)cc1. The van der Waals surface area contributed by atoms with E-state index < -0.39 is 33.1 Å². The number of carboxylic acids is 1. The van der Waals surface area contributed by atoms with Gasteiger partial charge < -0.3 is 21.3 Å². The highest BCUT2D eigenvalue weighted by Crippen LogP contribution is 2.18. The number of benzene rings is 1. The number of guanidine groups is 1. The van der Waals surface area contributed by atoms with E-state index in [4.69, 9.17) is 16.2 Å². The quantitative estimate of drug-likeness (QED) is 0.152. The number of carbonyl (C=O) groups excluding carboxylic acids is 1. The zero-order chi connectivity index (χ0) is 22.5. The summed E-state index contributed by atoms with van der Waals surface area (Å²) in [6.07, 6.45) is -0.201. The van der Waals surface area contributed by atoms with Crippen molar-refractivity contribution in [1.29, 1.82) is 0 Å². The second kappa shape index (κ2) is 9.23. The first-order chi connectivity index (χ1) is 13.2. The van der Waals surface area contributed by atoms with E-state index in [1.165, 1.54) is 12.1 Å². The van der Waals surface area contributed by atoms with Crippen molar-refractivity contribution in [2.24, 2.45) is 16.5 Å². The molecular formula is C18H28N4O6S. The van der Waals surface area contributed by atoms with Crippen LogP contribution in [0.2, 0.25) is 0 Å². The Bertz CT molecular complexity index is 875. The van der Waals surface area contributed by atoms with Gasteiger partial charge in [0.15, 0.2) is 0 Å². The number of hydrogen-bond acceptors (Lipinski definition) is 7. The van der Waals surface area contributed by atoms with Gasteiger partial charge in [-0.25, -0.2) is 22.7 Å². The van der Waals surface area contributed by atoms with Crippen LogP contribution < -0.4 is 16.2 Å². The molecule has 0 bridgehead atoms. The Morgan fingerprint density at radius 3 is 2.24 bits per heavy atom. The van der Waals surface area contributed by atoms with Crippen LogP contribution in [-0.4, -0.2) is 49.1 Å². The highest BCUT2D eigenvalue weighted by Gasteiger charge is 2.44. The van der Waals surface area contributed by atoms with E-state index >= 15 is 0 Å². The predicted molar refractivity (Wildman–Crippen MR) is 108 cm³/mol. The van der Waals surface area contributed by atoms with E-state index in [-0.39, 0.29) is 30.2 Å². The van der Waals surface area contributed by atoms with Gasteiger partial charge >= 0.3 is 11.9 Å². The van der Waals surface area contributed by atoms with E-state index in [0.29, 0.717) is 0 Å². The number of rotatable bonds is 8. The molecule has 0 saturated heterocycles. The highest BCUT2D eigenvalue weighted by atomic mass is 32.2. The fraction of sp³-hybridized carbons (Fsp3) is 0.500. The number of ether oxygens (including phenoxy) is 1. The molecule has 0 radical (unpaired) electrons. The summed E-state index contributed by atoms with van der Waals surface area (Å²) in [5.74, 6) is -2.95. The summed E-state index contributed by atoms with van der Waals surface area (Å²) in [5, 5.41) is 9.33. The molecule has 0 aliphatic heterocycles. The number of nitrogens with two attached hydrogens (primary N) is 2. The lowest BCUT2D eigenvalue weighted by atomic mass is 9.94. The number of nitrogens with one attached hydrogen (secondary N) is 1. The maximum Gasteiger partial charge on any atom is 0.338 e. The maximum atomic E-state index is 12.2. The minimum Gasteiger partial charge on any atom is -0.479 e. The average molecular weight is 429 g/mol. The Kier molecular flexibility index (Phi) is 7.75. The van der Waals surface area contributed by atoms with Crippen molar-refractivity contribution in [2.75, 3.05) is 6.54 Å². The van der Waals surface area contributed by atoms with Gasteiger partial charge in [0, 0.05) is 6.54 Å². The molecular weight excluding hydrogens is 400 g/mol. The van der Waals surface area contributed by atoms with E-state index in [1.807, 2.05) is 6.92 Å². The summed E-state index contributed by atoms with van der Waals surface area (Å²) in [5.41, 5.74) is 9.10. The van der Waals surface area contributed by atoms with Crippen LogP contribution in [0.15, 0.2) is 34.2 Å². The van der Waals surface area contributed by atoms with Crippen LogP contribution in [0.4, 0.5) is 0 Å². The predicted octanol–water partition coefficient (Wildman–Crippen LogP) is 0.492. The van der Waals surface area contributed by atoms with Crippen LogP contribution in [0.1, 0.15) is 39.2 Å². The van der Waals surface area contributed by atoms with E-state index in [2.05, 4.69) is 9.71 Å². The number of esters is 1. The van der Waals surface area contributed by atoms with Gasteiger partial charge in [-0.3, -0.25) is 4.99 Å². The van der Waals surface area contributed by atoms with E-state index in [9.17, 15) is 23.1 Å². The minimum atomic E-state index is -3.89. The number of nitrogens with zero attached hydrogens (tertiary/aromatic N) is 1. The Morgan fingerprint density at radius 1 is 1.21 bits per heavy atom. The van der Waals surface area contributed by atoms with Gasteiger partial charge in [0.2, 0.25) is 11.5 Å². The van der Waals surface area contributed by atoms with Crippen LogP contribution in [0.25, 0.3) is 0 Å². The lowest BCUT2D eigenvalue weighted by molar-refractivity contribution is -0.169. The number of hydrogen-bond donors (Lipinski definition) is 4. The molecule has 0 aliphatic carbocycles. The summed E-state index contributed by atoms with van der Waals surface area (Å²) >= 11 is 0. The molecule has 0 amide bonds. The van der Waals surface area contributed by atoms with Gasteiger partial charge in [0.25, 0.3) is 10.0 Å². The molecule has 1 aromatic carbocycles. The normalized spacial score (nSPS) is 14.7. The zero-order valence-corrected chi connectivity index (χ0v) is 17.7. The molecule has 10 nitrogen and oxygen atoms in total. The maximum absolute atomic E-state index is 12.2. The standard InChI is InChI=1S/C18H28N4O6S/c1-12-6-8-13(9-7-12)29(26,27)22-16(19)21-11-5-10-18(20,14(23)24)15(25)28-17(2,3)4/h6-9H,5,10-11,20H2,1-4H3,(H,23,24)(H3,19,21,22)/t18-/m0/s1. The first-order valence-corrected chi connectivity index (χ1v) is 10.3. The molecule has 0 aliphatic rings. The number of carbonyl (C=O) groups is 2. The summed E-state index contributed by atoms with van der Waals surface area (Å²) in [6, 6.07) is 6.15. The van der Waals surface area contributed by atoms with Crippen molar-refractivity contribution < 1.29 is 27.9 Å². The van der Waals surface area contributed by atoms with Crippen LogP contribution in [0.3, 0.4) is 0 Å². The fourth-order valence-corrected chi connectivity index (χ4v) is 3.12. The van der Waals surface area contributed by atoms with Crippen LogP contribution in [0.5, 0.6) is 0 Å². The Labute approximate surface area is 170 Å². The first kappa shape index (κ1) is 24.4. The molecule has 29 heavy (non-hydrogen) atoms. The third-order valence-corrected chi connectivity index (χ3v) is 5.10. The minimum absolute atomic E-state index is 0.0260. The monoisotopic (exact) mass is 428 g/mol. The molecule has 0 unspecified atom stereocenters. The van der Waals surface area contributed by atoms with Crippen LogP contribution in [0, 0.1) is 6.92 Å². The second-order valence-corrected chi connectivity index (χ2v) is 9.25. The molecule has 0 saturated carbocycles. The third-order valence-electron chi connectivity index (χ3n) is 3.73. The average Bonchev–Trinajstić information content (AvgIpc) is 2.56. The van der Waals surface area contributed by atoms with Gasteiger partial charge in [0.1, 0.15) is 5.60 Å². The summed E-state index contributed by atoms with van der Waals surface area (Å²) < 4.78 is 31.6. The van der Waals surface area contributed by atoms with Gasteiger partial charge in [-0.2, -0.15) is 0 Å². The first-order valence-electron chi connectivity index (χ1n) is 8.82. The molecule has 0 fully saturated rings. The number of sulfonamides is 1. The lowest BCUT2D eigenvalue weighted by Crippen LogP contribution is -2.57. The number of aliphatic carboxylic acids is 1. The van der Waals surface area contributed by atoms with Crippen LogP contribution >= 0.6 is 0 Å². The largest absolute Gasteiger partial charge is 0.479 e. The summed E-state index contributed by atoms with van der Waals surface area (Å²) in [7, 11) is -3.89. The smallest absolute Gasteiger partial charge is 0.338 e. The number of aryl methyl sites for hydroxylation is 1. The molecule has 0 spiro atoms. The fourth-order valence-electron chi connectivity index (χ4n) is 2.17. The van der Waals surface area contributed by atoms with E-state index in [1.54, 1.807) is 32.9 Å². The van der Waals surface area contributed by atoms with Crippen molar-refractivity contribution in [3.05, 3.63) is 29.8 Å². The molecule has 1 atom stereocenters. The van der Waals surface area contributed by atoms with Crippen LogP contribution in [-0.2, 0) is 24.3 Å². The van der Waals surface area contributed by atoms with Crippen molar-refractivity contribution in [1.82, 2.24) is 4.72 Å². The molecule has 1 rings (SSSR count). The molecule has 162 valence electrons. The van der Waals surface area contributed by atoms with Crippen molar-refractivity contribution in [3.63, 3.8) is 0 Å². The van der Waals surface area contributed by atoms with Crippen molar-refractivity contribution in [3.8, 4) is 0 Å². The topological polar surface area (TPSA) is 174 Å². The van der Waals surface area contributed by atoms with Gasteiger partial charge in [0.05, 0.1) is 4.90 Å². The van der Waals surface area contributed by atoms with Gasteiger partial charge in [-0.15, -0.1) is 0 Å². The van der Waals surface area contributed by atoms with Gasteiger partial charge in [-0.05, 0) is 52.7 Å². The Morgan fingerprint density at radius 2 is 1.76 bits per heavy atom. The second-order valence-electron chi connectivity index (χ2n) is 7.57. The van der Waals surface area contributed by atoms with Crippen molar-refractivity contribution in [2.45, 2.75) is 56.6 Å². The highest BCUT2D eigenvalue weighted by molar-refractivity contribution is 7.90. The van der Waals surface area contributed by atoms with E-state index in [0.717, 1.165) is 5.56 Å². The molecule has 1 aromatic rings. The molecule has 0 aromatic heterocycles.